The lowest BCUT2D eigenvalue weighted by molar-refractivity contribution is 0.0762. The fourth-order valence-electron chi connectivity index (χ4n) is 3.06. The van der Waals surface area contributed by atoms with Crippen molar-refractivity contribution >= 4 is 15.9 Å². The summed E-state index contributed by atoms with van der Waals surface area (Å²) < 4.78 is 31.0. The average molecular weight is 379 g/mol. The number of nitrogens with zero attached hydrogens (tertiary/aromatic N) is 5. The zero-order chi connectivity index (χ0) is 18.9. The molecule has 3 rings (SSSR count). The summed E-state index contributed by atoms with van der Waals surface area (Å²) in [5.41, 5.74) is 1.35. The van der Waals surface area contributed by atoms with Crippen molar-refractivity contribution in [2.24, 2.45) is 0 Å². The fraction of sp³-hybridized carbons (Fsp3) is 0.500. The van der Waals surface area contributed by atoms with Crippen LogP contribution in [0.1, 0.15) is 40.1 Å². The summed E-state index contributed by atoms with van der Waals surface area (Å²) in [4.78, 5) is 22.7. The molecule has 0 spiro atoms. The zero-order valence-corrected chi connectivity index (χ0v) is 15.7. The Kier molecular flexibility index (Phi) is 5.05. The first-order chi connectivity index (χ1) is 12.3. The molecule has 0 aromatic carbocycles. The normalized spacial score (nSPS) is 19.3. The second-order valence-corrected chi connectivity index (χ2v) is 8.28. The van der Waals surface area contributed by atoms with Crippen molar-refractivity contribution in [3.05, 3.63) is 41.3 Å². The molecule has 26 heavy (non-hydrogen) atoms. The molecule has 1 fully saturated rings. The number of aryl methyl sites for hydroxylation is 2. The third kappa shape index (κ3) is 3.75. The quantitative estimate of drug-likeness (QED) is 0.780. The van der Waals surface area contributed by atoms with Crippen LogP contribution < -0.4 is 0 Å². The first kappa shape index (κ1) is 18.5. The Morgan fingerprint density at radius 2 is 2.04 bits per heavy atom. The van der Waals surface area contributed by atoms with E-state index < -0.39 is 16.1 Å². The van der Waals surface area contributed by atoms with Crippen LogP contribution in [0, 0.1) is 13.8 Å². The molecule has 0 aliphatic carbocycles. The standard InChI is InChI=1S/C16H21N5O4S/c1-11-4-6-17-10-13(11)16(22)20-7-5-14(15-18-12(2)19-25-15)21(9-8-20)26(3,23)24/h4,6,10,14H,5,7-9H2,1-3H3. The molecule has 9 nitrogen and oxygen atoms in total. The molecule has 0 N–H and O–H groups in total. The van der Waals surface area contributed by atoms with Crippen LogP contribution in [0.15, 0.2) is 23.0 Å². The van der Waals surface area contributed by atoms with Crippen molar-refractivity contribution in [2.75, 3.05) is 25.9 Å². The fourth-order valence-corrected chi connectivity index (χ4v) is 4.13. The summed E-state index contributed by atoms with van der Waals surface area (Å²) >= 11 is 0. The van der Waals surface area contributed by atoms with Gasteiger partial charge in [-0.2, -0.15) is 9.29 Å². The highest BCUT2D eigenvalue weighted by molar-refractivity contribution is 7.88. The molecule has 1 amide bonds. The molecule has 1 atom stereocenters. The largest absolute Gasteiger partial charge is 0.338 e. The van der Waals surface area contributed by atoms with E-state index in [1.165, 1.54) is 10.5 Å². The minimum absolute atomic E-state index is 0.161. The Bertz CT molecular complexity index is 911. The monoisotopic (exact) mass is 379 g/mol. The number of pyridine rings is 1. The van der Waals surface area contributed by atoms with Gasteiger partial charge in [-0.3, -0.25) is 9.78 Å². The Hall–Kier alpha value is -2.33. The van der Waals surface area contributed by atoms with Crippen LogP contribution >= 0.6 is 0 Å². The molecule has 3 heterocycles. The lowest BCUT2D eigenvalue weighted by atomic mass is 10.1. The predicted octanol–water partition coefficient (Wildman–Crippen LogP) is 0.930. The maximum absolute atomic E-state index is 12.8. The third-order valence-corrected chi connectivity index (χ3v) is 5.71. The number of hydrogen-bond acceptors (Lipinski definition) is 7. The highest BCUT2D eigenvalue weighted by Gasteiger charge is 2.36. The second-order valence-electron chi connectivity index (χ2n) is 6.34. The highest BCUT2D eigenvalue weighted by atomic mass is 32.2. The Morgan fingerprint density at radius 3 is 2.65 bits per heavy atom. The molecular weight excluding hydrogens is 358 g/mol. The summed E-state index contributed by atoms with van der Waals surface area (Å²) in [6.07, 6.45) is 4.69. The predicted molar refractivity (Wildman–Crippen MR) is 92.8 cm³/mol. The van der Waals surface area contributed by atoms with Crippen LogP contribution in [0.25, 0.3) is 0 Å². The van der Waals surface area contributed by atoms with Crippen LogP contribution in [0.4, 0.5) is 0 Å². The van der Waals surface area contributed by atoms with Gasteiger partial charge in [0, 0.05) is 32.0 Å². The smallest absolute Gasteiger partial charge is 0.255 e. The van der Waals surface area contributed by atoms with Gasteiger partial charge >= 0.3 is 0 Å². The van der Waals surface area contributed by atoms with Gasteiger partial charge in [0.2, 0.25) is 15.9 Å². The molecule has 1 aliphatic rings. The van der Waals surface area contributed by atoms with E-state index in [-0.39, 0.29) is 24.9 Å². The molecule has 1 saturated heterocycles. The van der Waals surface area contributed by atoms with Gasteiger partial charge in [-0.05, 0) is 31.9 Å². The molecule has 140 valence electrons. The van der Waals surface area contributed by atoms with E-state index in [1.54, 1.807) is 24.1 Å². The molecule has 0 radical (unpaired) electrons. The van der Waals surface area contributed by atoms with Crippen molar-refractivity contribution in [1.82, 2.24) is 24.3 Å². The zero-order valence-electron chi connectivity index (χ0n) is 14.9. The molecule has 10 heteroatoms. The molecular formula is C16H21N5O4S. The van der Waals surface area contributed by atoms with Gasteiger partial charge in [0.05, 0.1) is 11.8 Å². The Balaban J connectivity index is 1.87. The van der Waals surface area contributed by atoms with E-state index in [9.17, 15) is 13.2 Å². The average Bonchev–Trinajstić information content (AvgIpc) is 2.88. The van der Waals surface area contributed by atoms with Crippen LogP contribution in [0.2, 0.25) is 0 Å². The van der Waals surface area contributed by atoms with Crippen molar-refractivity contribution in [1.29, 1.82) is 0 Å². The minimum Gasteiger partial charge on any atom is -0.338 e. The van der Waals surface area contributed by atoms with E-state index >= 15 is 0 Å². The van der Waals surface area contributed by atoms with Gasteiger partial charge in [0.25, 0.3) is 5.91 Å². The van der Waals surface area contributed by atoms with E-state index in [2.05, 4.69) is 15.1 Å². The summed E-state index contributed by atoms with van der Waals surface area (Å²) in [5.74, 6) is 0.530. The summed E-state index contributed by atoms with van der Waals surface area (Å²) in [5, 5.41) is 3.76. The van der Waals surface area contributed by atoms with Gasteiger partial charge in [0.1, 0.15) is 6.04 Å². The lowest BCUT2D eigenvalue weighted by Gasteiger charge is -2.24. The molecule has 2 aromatic rings. The Morgan fingerprint density at radius 1 is 1.27 bits per heavy atom. The maximum Gasteiger partial charge on any atom is 0.255 e. The van der Waals surface area contributed by atoms with Gasteiger partial charge < -0.3 is 9.42 Å². The molecule has 1 unspecified atom stereocenters. The van der Waals surface area contributed by atoms with E-state index in [4.69, 9.17) is 4.52 Å². The second kappa shape index (κ2) is 7.12. The van der Waals surface area contributed by atoms with Crippen molar-refractivity contribution in [3.63, 3.8) is 0 Å². The van der Waals surface area contributed by atoms with Gasteiger partial charge in [-0.1, -0.05) is 5.16 Å². The number of aromatic nitrogens is 3. The first-order valence-corrected chi connectivity index (χ1v) is 10.1. The van der Waals surface area contributed by atoms with Gasteiger partial charge in [-0.15, -0.1) is 0 Å². The van der Waals surface area contributed by atoms with E-state index in [0.717, 1.165) is 11.8 Å². The van der Waals surface area contributed by atoms with Crippen LogP contribution in [-0.2, 0) is 10.0 Å². The number of sulfonamides is 1. The topological polar surface area (TPSA) is 110 Å². The van der Waals surface area contributed by atoms with Gasteiger partial charge in [0.15, 0.2) is 5.82 Å². The summed E-state index contributed by atoms with van der Waals surface area (Å²) in [6, 6.07) is 1.19. The molecule has 0 saturated carbocycles. The van der Waals surface area contributed by atoms with Crippen molar-refractivity contribution in [2.45, 2.75) is 26.3 Å². The lowest BCUT2D eigenvalue weighted by Crippen LogP contribution is -2.38. The highest BCUT2D eigenvalue weighted by Crippen LogP contribution is 2.28. The SMILES string of the molecule is Cc1noc(C2CCN(C(=O)c3cnccc3C)CCN2S(C)(=O)=O)n1. The van der Waals surface area contributed by atoms with Crippen LogP contribution in [-0.4, -0.2) is 64.5 Å². The summed E-state index contributed by atoms with van der Waals surface area (Å²) in [7, 11) is -3.50. The minimum atomic E-state index is -3.50. The third-order valence-electron chi connectivity index (χ3n) is 4.42. The maximum atomic E-state index is 12.8. The van der Waals surface area contributed by atoms with Crippen LogP contribution in [0.5, 0.6) is 0 Å². The number of carbonyl (C=O) groups is 1. The molecule has 2 aromatic heterocycles. The van der Waals surface area contributed by atoms with E-state index in [0.29, 0.717) is 24.4 Å². The number of hydrogen-bond donors (Lipinski definition) is 0. The number of amides is 1. The first-order valence-electron chi connectivity index (χ1n) is 8.24. The molecule has 0 bridgehead atoms. The van der Waals surface area contributed by atoms with Crippen LogP contribution in [0.3, 0.4) is 0 Å². The van der Waals surface area contributed by atoms with Crippen molar-refractivity contribution < 1.29 is 17.7 Å². The number of rotatable bonds is 3. The number of carbonyl (C=O) groups excluding carboxylic acids is 1. The van der Waals surface area contributed by atoms with E-state index in [1.807, 2.05) is 6.92 Å². The summed E-state index contributed by atoms with van der Waals surface area (Å²) in [6.45, 7) is 4.35. The van der Waals surface area contributed by atoms with Gasteiger partial charge in [-0.25, -0.2) is 8.42 Å². The molecule has 1 aliphatic heterocycles. The Labute approximate surface area is 152 Å². The van der Waals surface area contributed by atoms with Crippen molar-refractivity contribution in [3.8, 4) is 0 Å².